The van der Waals surface area contributed by atoms with Crippen LogP contribution in [0.1, 0.15) is 70.8 Å². The predicted molar refractivity (Wildman–Crippen MR) is 106 cm³/mol. The van der Waals surface area contributed by atoms with Crippen LogP contribution in [0.5, 0.6) is 0 Å². The van der Waals surface area contributed by atoms with Gasteiger partial charge in [0, 0.05) is 24.7 Å². The quantitative estimate of drug-likeness (QED) is 0.566. The number of halogens is 3. The largest absolute Gasteiger partial charge is 0.417 e. The fourth-order valence-electron chi connectivity index (χ4n) is 3.80. The van der Waals surface area contributed by atoms with E-state index in [0.29, 0.717) is 42.2 Å². The van der Waals surface area contributed by atoms with Crippen molar-refractivity contribution in [1.29, 1.82) is 0 Å². The molecule has 0 unspecified atom stereocenters. The highest BCUT2D eigenvalue weighted by Crippen LogP contribution is 2.41. The number of hydrogen-bond acceptors (Lipinski definition) is 6. The summed E-state index contributed by atoms with van der Waals surface area (Å²) in [5, 5.41) is 3.92. The zero-order valence-electron chi connectivity index (χ0n) is 16.8. The van der Waals surface area contributed by atoms with E-state index in [1.54, 1.807) is 31.2 Å². The molecule has 1 fully saturated rings. The molecule has 4 rings (SSSR count). The van der Waals surface area contributed by atoms with Crippen LogP contribution in [0.25, 0.3) is 11.1 Å². The van der Waals surface area contributed by atoms with Crippen molar-refractivity contribution >= 4 is 28.3 Å². The third kappa shape index (κ3) is 3.68. The van der Waals surface area contributed by atoms with E-state index >= 15 is 0 Å². The van der Waals surface area contributed by atoms with E-state index in [1.165, 1.54) is 11.3 Å². The molecular formula is C20H21F3N4O2S. The van der Waals surface area contributed by atoms with Crippen LogP contribution in [0.2, 0.25) is 0 Å². The van der Waals surface area contributed by atoms with E-state index in [2.05, 4.69) is 15.1 Å². The molecular weight excluding hydrogens is 417 g/mol. The smallest absolute Gasteiger partial charge is 0.338 e. The highest BCUT2D eigenvalue weighted by atomic mass is 32.1. The number of aryl methyl sites for hydroxylation is 1. The third-order valence-corrected chi connectivity index (χ3v) is 6.41. The normalized spacial score (nSPS) is 16.0. The summed E-state index contributed by atoms with van der Waals surface area (Å²) in [6, 6.07) is 1.10. The first-order valence-corrected chi connectivity index (χ1v) is 10.6. The molecule has 160 valence electrons. The summed E-state index contributed by atoms with van der Waals surface area (Å²) < 4.78 is 46.6. The number of carbonyl (C=O) groups excluding carboxylic acids is 1. The van der Waals surface area contributed by atoms with Gasteiger partial charge in [-0.15, -0.1) is 11.3 Å². The number of rotatable bonds is 3. The highest BCUT2D eigenvalue weighted by molar-refractivity contribution is 7.11. The first kappa shape index (κ1) is 20.8. The van der Waals surface area contributed by atoms with Crippen molar-refractivity contribution in [3.05, 3.63) is 39.1 Å². The maximum Gasteiger partial charge on any atom is 0.417 e. The van der Waals surface area contributed by atoms with Crippen LogP contribution in [0.15, 0.2) is 16.1 Å². The van der Waals surface area contributed by atoms with Crippen molar-refractivity contribution in [1.82, 2.24) is 20.0 Å². The minimum atomic E-state index is -4.54. The molecule has 1 saturated heterocycles. The number of thiazole rings is 1. The monoisotopic (exact) mass is 438 g/mol. The number of carbonyl (C=O) groups is 1. The van der Waals surface area contributed by atoms with Crippen LogP contribution < -0.4 is 0 Å². The van der Waals surface area contributed by atoms with Gasteiger partial charge in [-0.2, -0.15) is 13.2 Å². The van der Waals surface area contributed by atoms with Gasteiger partial charge in [0.1, 0.15) is 4.88 Å². The fraction of sp³-hybridized carbons (Fsp3) is 0.500. The number of hydrogen-bond donors (Lipinski definition) is 0. The Morgan fingerprint density at radius 1 is 1.30 bits per heavy atom. The number of fused-ring (bicyclic) bond motifs is 1. The van der Waals surface area contributed by atoms with E-state index in [1.807, 2.05) is 0 Å². The zero-order valence-corrected chi connectivity index (χ0v) is 17.6. The van der Waals surface area contributed by atoms with E-state index in [4.69, 9.17) is 4.52 Å². The molecule has 0 radical (unpaired) electrons. The van der Waals surface area contributed by atoms with Crippen molar-refractivity contribution in [3.63, 3.8) is 0 Å². The van der Waals surface area contributed by atoms with Crippen LogP contribution in [-0.4, -0.2) is 39.0 Å². The van der Waals surface area contributed by atoms with Crippen LogP contribution in [0, 0.1) is 6.92 Å². The first-order valence-electron chi connectivity index (χ1n) is 9.73. The van der Waals surface area contributed by atoms with Crippen LogP contribution in [0.3, 0.4) is 0 Å². The molecule has 0 saturated carbocycles. The van der Waals surface area contributed by atoms with Gasteiger partial charge < -0.3 is 9.42 Å². The molecule has 3 aromatic rings. The molecule has 6 nitrogen and oxygen atoms in total. The summed E-state index contributed by atoms with van der Waals surface area (Å²) in [6.45, 7) is 6.23. The second-order valence-corrected chi connectivity index (χ2v) is 8.68. The number of piperidine rings is 1. The zero-order chi connectivity index (χ0) is 21.6. The predicted octanol–water partition coefficient (Wildman–Crippen LogP) is 5.15. The van der Waals surface area contributed by atoms with Crippen molar-refractivity contribution in [3.8, 4) is 0 Å². The summed E-state index contributed by atoms with van der Waals surface area (Å²) in [7, 11) is 0. The van der Waals surface area contributed by atoms with E-state index in [0.717, 1.165) is 6.07 Å². The minimum Gasteiger partial charge on any atom is -0.338 e. The van der Waals surface area contributed by atoms with Gasteiger partial charge in [0.2, 0.25) is 0 Å². The summed E-state index contributed by atoms with van der Waals surface area (Å²) in [5.41, 5.74) is 2.08. The van der Waals surface area contributed by atoms with Gasteiger partial charge in [-0.05, 0) is 31.7 Å². The standard InChI is InChI=1S/C20H21F3N4O2S/c1-10(2)14-8-13(20(21,22)23)15-16(26-29-18(15)25-14)12-4-6-27(7-5-12)19(28)17-11(3)24-9-30-17/h8-10,12H,4-7H2,1-3H3. The lowest BCUT2D eigenvalue weighted by molar-refractivity contribution is -0.136. The molecule has 1 aliphatic heterocycles. The van der Waals surface area contributed by atoms with E-state index < -0.39 is 11.7 Å². The molecule has 1 aliphatic rings. The van der Waals surface area contributed by atoms with Crippen molar-refractivity contribution < 1.29 is 22.5 Å². The van der Waals surface area contributed by atoms with Gasteiger partial charge in [-0.3, -0.25) is 4.79 Å². The van der Waals surface area contributed by atoms with Crippen LogP contribution >= 0.6 is 11.3 Å². The molecule has 0 spiro atoms. The van der Waals surface area contributed by atoms with Gasteiger partial charge in [0.05, 0.1) is 27.8 Å². The number of aromatic nitrogens is 3. The maximum absolute atomic E-state index is 13.8. The average Bonchev–Trinajstić information content (AvgIpc) is 3.32. The lowest BCUT2D eigenvalue weighted by Gasteiger charge is -2.31. The first-order chi connectivity index (χ1) is 14.2. The molecule has 0 aromatic carbocycles. The number of nitrogens with zero attached hydrogens (tertiary/aromatic N) is 4. The molecule has 30 heavy (non-hydrogen) atoms. The lowest BCUT2D eigenvalue weighted by Crippen LogP contribution is -2.38. The van der Waals surface area contributed by atoms with Crippen molar-refractivity contribution in [2.24, 2.45) is 0 Å². The molecule has 10 heteroatoms. The van der Waals surface area contributed by atoms with Crippen molar-refractivity contribution in [2.45, 2.75) is 51.6 Å². The highest BCUT2D eigenvalue weighted by Gasteiger charge is 2.38. The van der Waals surface area contributed by atoms with Gasteiger partial charge in [0.15, 0.2) is 0 Å². The Kier molecular flexibility index (Phi) is 5.29. The molecule has 0 N–H and O–H groups in total. The fourth-order valence-corrected chi connectivity index (χ4v) is 4.57. The summed E-state index contributed by atoms with van der Waals surface area (Å²) >= 11 is 1.30. The number of alkyl halides is 3. The Balaban J connectivity index is 1.62. The second kappa shape index (κ2) is 7.64. The number of amides is 1. The topological polar surface area (TPSA) is 72.1 Å². The molecule has 1 amide bonds. The van der Waals surface area contributed by atoms with E-state index in [-0.39, 0.29) is 34.5 Å². The minimum absolute atomic E-state index is 0.0602. The average molecular weight is 438 g/mol. The number of likely N-dealkylation sites (tertiary alicyclic amines) is 1. The van der Waals surface area contributed by atoms with Crippen LogP contribution in [-0.2, 0) is 6.18 Å². The Morgan fingerprint density at radius 2 is 2.00 bits per heavy atom. The van der Waals surface area contributed by atoms with Crippen molar-refractivity contribution in [2.75, 3.05) is 13.1 Å². The Morgan fingerprint density at radius 3 is 2.57 bits per heavy atom. The summed E-state index contributed by atoms with van der Waals surface area (Å²) in [5.74, 6) is -0.489. The SMILES string of the molecule is Cc1ncsc1C(=O)N1CCC(c2noc3nc(C(C)C)cc(C(F)(F)F)c23)CC1. The van der Waals surface area contributed by atoms with Gasteiger partial charge in [-0.1, -0.05) is 19.0 Å². The molecule has 0 aliphatic carbocycles. The molecule has 0 bridgehead atoms. The molecule has 3 aromatic heterocycles. The summed E-state index contributed by atoms with van der Waals surface area (Å²) in [6.07, 6.45) is -3.52. The summed E-state index contributed by atoms with van der Waals surface area (Å²) in [4.78, 5) is 23.4. The molecule has 4 heterocycles. The third-order valence-electron chi connectivity index (χ3n) is 5.50. The number of pyridine rings is 1. The Hall–Kier alpha value is -2.49. The van der Waals surface area contributed by atoms with Gasteiger partial charge >= 0.3 is 6.18 Å². The molecule has 0 atom stereocenters. The van der Waals surface area contributed by atoms with E-state index in [9.17, 15) is 18.0 Å². The lowest BCUT2D eigenvalue weighted by atomic mass is 9.90. The van der Waals surface area contributed by atoms with Gasteiger partial charge in [0.25, 0.3) is 11.6 Å². The van der Waals surface area contributed by atoms with Crippen LogP contribution in [0.4, 0.5) is 13.2 Å². The second-order valence-electron chi connectivity index (χ2n) is 7.83. The Bertz CT molecular complexity index is 1080. The van der Waals surface area contributed by atoms with Gasteiger partial charge in [-0.25, -0.2) is 9.97 Å². The Labute approximate surface area is 175 Å². The maximum atomic E-state index is 13.8.